The summed E-state index contributed by atoms with van der Waals surface area (Å²) in [5, 5.41) is 8.50. The summed E-state index contributed by atoms with van der Waals surface area (Å²) in [7, 11) is 1.54. The molecule has 1 saturated heterocycles. The molecular formula is C23H24N4O5. The van der Waals surface area contributed by atoms with Crippen LogP contribution >= 0.6 is 0 Å². The van der Waals surface area contributed by atoms with E-state index in [4.69, 9.17) is 13.9 Å². The lowest BCUT2D eigenvalue weighted by Crippen LogP contribution is -2.30. The Balaban J connectivity index is 1.35. The highest BCUT2D eigenvalue weighted by atomic mass is 16.5. The standard InChI is InChI=1S/C23H24N4O5/c1-30-20-10-18(5-6-19(20)21-12-24-14-32-21)27-23(29)26-17-4-2-3-15(9-17)11-25-22(28)16-7-8-31-13-16/h2-6,9-10,12,14,16H,7-8,11,13H2,1H3,(H,25,28)(H2,26,27,29). The van der Waals surface area contributed by atoms with E-state index in [-0.39, 0.29) is 11.8 Å². The van der Waals surface area contributed by atoms with Crippen LogP contribution in [0.3, 0.4) is 0 Å². The van der Waals surface area contributed by atoms with Gasteiger partial charge in [-0.2, -0.15) is 0 Å². The average Bonchev–Trinajstić information content (AvgIpc) is 3.52. The molecule has 0 bridgehead atoms. The summed E-state index contributed by atoms with van der Waals surface area (Å²) in [5.74, 6) is 1.02. The van der Waals surface area contributed by atoms with E-state index in [0.717, 1.165) is 17.5 Å². The number of carbonyl (C=O) groups is 2. The number of ether oxygens (including phenoxy) is 2. The van der Waals surface area contributed by atoms with Gasteiger partial charge in [0.15, 0.2) is 12.2 Å². The molecule has 2 aromatic carbocycles. The van der Waals surface area contributed by atoms with Crippen LogP contribution in [0.2, 0.25) is 0 Å². The van der Waals surface area contributed by atoms with Crippen molar-refractivity contribution in [3.05, 3.63) is 60.6 Å². The number of carbonyl (C=O) groups excluding carboxylic acids is 2. The Hall–Kier alpha value is -3.85. The first-order valence-corrected chi connectivity index (χ1v) is 10.2. The molecule has 3 amide bonds. The van der Waals surface area contributed by atoms with E-state index in [1.165, 1.54) is 6.39 Å². The number of amides is 3. The van der Waals surface area contributed by atoms with Gasteiger partial charge in [-0.15, -0.1) is 0 Å². The minimum absolute atomic E-state index is 0.0127. The third kappa shape index (κ3) is 5.25. The monoisotopic (exact) mass is 436 g/mol. The Labute approximate surface area is 185 Å². The minimum atomic E-state index is -0.399. The highest BCUT2D eigenvalue weighted by molar-refractivity contribution is 6.00. The summed E-state index contributed by atoms with van der Waals surface area (Å²) >= 11 is 0. The second kappa shape index (κ2) is 9.97. The summed E-state index contributed by atoms with van der Waals surface area (Å²) in [4.78, 5) is 28.5. The maximum Gasteiger partial charge on any atom is 0.323 e. The quantitative estimate of drug-likeness (QED) is 0.521. The normalized spacial score (nSPS) is 15.2. The third-order valence-electron chi connectivity index (χ3n) is 5.11. The third-order valence-corrected chi connectivity index (χ3v) is 5.11. The Morgan fingerprint density at radius 3 is 2.72 bits per heavy atom. The second-order valence-electron chi connectivity index (χ2n) is 7.34. The molecule has 3 aromatic rings. The van der Waals surface area contributed by atoms with Gasteiger partial charge in [0.25, 0.3) is 0 Å². The largest absolute Gasteiger partial charge is 0.496 e. The number of nitrogens with one attached hydrogen (secondary N) is 3. The predicted molar refractivity (Wildman–Crippen MR) is 118 cm³/mol. The molecule has 32 heavy (non-hydrogen) atoms. The molecule has 4 rings (SSSR count). The Kier molecular flexibility index (Phi) is 6.66. The molecule has 166 valence electrons. The van der Waals surface area contributed by atoms with Crippen molar-refractivity contribution in [2.24, 2.45) is 5.92 Å². The smallest absolute Gasteiger partial charge is 0.323 e. The van der Waals surface area contributed by atoms with Crippen LogP contribution in [0.15, 0.2) is 59.5 Å². The Bertz CT molecular complexity index is 1080. The number of urea groups is 1. The van der Waals surface area contributed by atoms with E-state index in [2.05, 4.69) is 20.9 Å². The topological polar surface area (TPSA) is 115 Å². The molecule has 1 atom stereocenters. The molecule has 2 heterocycles. The van der Waals surface area contributed by atoms with Gasteiger partial charge in [-0.25, -0.2) is 9.78 Å². The molecule has 1 unspecified atom stereocenters. The van der Waals surface area contributed by atoms with Crippen LogP contribution < -0.4 is 20.7 Å². The van der Waals surface area contributed by atoms with Crippen LogP contribution in [0.4, 0.5) is 16.2 Å². The molecule has 3 N–H and O–H groups in total. The highest BCUT2D eigenvalue weighted by Gasteiger charge is 2.23. The molecule has 1 aromatic heterocycles. The van der Waals surface area contributed by atoms with Crippen molar-refractivity contribution in [2.45, 2.75) is 13.0 Å². The van der Waals surface area contributed by atoms with Gasteiger partial charge in [0.05, 0.1) is 31.4 Å². The van der Waals surface area contributed by atoms with Crippen molar-refractivity contribution < 1.29 is 23.5 Å². The lowest BCUT2D eigenvalue weighted by atomic mass is 10.1. The zero-order valence-corrected chi connectivity index (χ0v) is 17.6. The van der Waals surface area contributed by atoms with Crippen molar-refractivity contribution in [3.63, 3.8) is 0 Å². The van der Waals surface area contributed by atoms with E-state index < -0.39 is 6.03 Å². The van der Waals surface area contributed by atoms with Gasteiger partial charge in [0.1, 0.15) is 5.75 Å². The number of rotatable bonds is 7. The van der Waals surface area contributed by atoms with Crippen molar-refractivity contribution in [1.82, 2.24) is 10.3 Å². The zero-order valence-electron chi connectivity index (χ0n) is 17.6. The van der Waals surface area contributed by atoms with Gasteiger partial charge < -0.3 is 29.8 Å². The highest BCUT2D eigenvalue weighted by Crippen LogP contribution is 2.32. The van der Waals surface area contributed by atoms with Crippen molar-refractivity contribution in [1.29, 1.82) is 0 Å². The van der Waals surface area contributed by atoms with Crippen LogP contribution in [0.25, 0.3) is 11.3 Å². The van der Waals surface area contributed by atoms with E-state index >= 15 is 0 Å². The van der Waals surface area contributed by atoms with Crippen LogP contribution in [0.5, 0.6) is 5.75 Å². The maximum atomic E-state index is 12.5. The number of oxazole rings is 1. The molecule has 9 nitrogen and oxygen atoms in total. The van der Waals surface area contributed by atoms with Gasteiger partial charge in [0, 0.05) is 30.6 Å². The first-order chi connectivity index (χ1) is 15.6. The molecular weight excluding hydrogens is 412 g/mol. The second-order valence-corrected chi connectivity index (χ2v) is 7.34. The fourth-order valence-corrected chi connectivity index (χ4v) is 3.45. The minimum Gasteiger partial charge on any atom is -0.496 e. The number of aromatic nitrogens is 1. The van der Waals surface area contributed by atoms with Crippen molar-refractivity contribution >= 4 is 23.3 Å². The van der Waals surface area contributed by atoms with Crippen molar-refractivity contribution in [3.8, 4) is 17.1 Å². The lowest BCUT2D eigenvalue weighted by Gasteiger charge is -2.12. The molecule has 0 aliphatic carbocycles. The first kappa shape index (κ1) is 21.4. The summed E-state index contributed by atoms with van der Waals surface area (Å²) < 4.78 is 16.0. The predicted octanol–water partition coefficient (Wildman–Crippen LogP) is 3.65. The number of hydrogen-bond donors (Lipinski definition) is 3. The fourth-order valence-electron chi connectivity index (χ4n) is 3.45. The van der Waals surface area contributed by atoms with E-state index in [0.29, 0.717) is 42.6 Å². The summed E-state index contributed by atoms with van der Waals surface area (Å²) in [5.41, 5.74) is 2.79. The van der Waals surface area contributed by atoms with Crippen LogP contribution in [0, 0.1) is 5.92 Å². The van der Waals surface area contributed by atoms with Gasteiger partial charge >= 0.3 is 6.03 Å². The van der Waals surface area contributed by atoms with E-state index in [1.54, 1.807) is 37.6 Å². The first-order valence-electron chi connectivity index (χ1n) is 10.2. The number of anilines is 2. The molecule has 1 aliphatic heterocycles. The Morgan fingerprint density at radius 1 is 1.16 bits per heavy atom. The maximum absolute atomic E-state index is 12.5. The van der Waals surface area contributed by atoms with Gasteiger partial charge in [-0.1, -0.05) is 12.1 Å². The molecule has 0 spiro atoms. The molecule has 9 heteroatoms. The van der Waals surface area contributed by atoms with Crippen LogP contribution in [-0.2, 0) is 16.1 Å². The van der Waals surface area contributed by atoms with Gasteiger partial charge in [-0.3, -0.25) is 4.79 Å². The SMILES string of the molecule is COc1cc(NC(=O)Nc2cccc(CNC(=O)C3CCOC3)c2)ccc1-c1cnco1. The van der Waals surface area contributed by atoms with Crippen LogP contribution in [0.1, 0.15) is 12.0 Å². The number of benzene rings is 2. The zero-order chi connectivity index (χ0) is 22.3. The molecule has 1 aliphatic rings. The number of nitrogens with zero attached hydrogens (tertiary/aromatic N) is 1. The van der Waals surface area contributed by atoms with Gasteiger partial charge in [0.2, 0.25) is 5.91 Å². The average molecular weight is 436 g/mol. The molecule has 0 saturated carbocycles. The summed E-state index contributed by atoms with van der Waals surface area (Å²) in [6, 6.07) is 12.2. The van der Waals surface area contributed by atoms with Crippen LogP contribution in [-0.4, -0.2) is 37.2 Å². The lowest BCUT2D eigenvalue weighted by molar-refractivity contribution is -0.125. The number of hydrogen-bond acceptors (Lipinski definition) is 6. The summed E-state index contributed by atoms with van der Waals surface area (Å²) in [6.07, 6.45) is 3.68. The van der Waals surface area contributed by atoms with E-state index in [9.17, 15) is 9.59 Å². The molecule has 0 radical (unpaired) electrons. The van der Waals surface area contributed by atoms with Crippen molar-refractivity contribution in [2.75, 3.05) is 31.0 Å². The van der Waals surface area contributed by atoms with E-state index in [1.807, 2.05) is 18.2 Å². The molecule has 1 fully saturated rings. The Morgan fingerprint density at radius 2 is 2.00 bits per heavy atom. The summed E-state index contributed by atoms with van der Waals surface area (Å²) in [6.45, 7) is 1.48. The van der Waals surface area contributed by atoms with Gasteiger partial charge in [-0.05, 0) is 36.2 Å². The fraction of sp³-hybridized carbons (Fsp3) is 0.261. The number of methoxy groups -OCH3 is 1.